The van der Waals surface area contributed by atoms with Crippen molar-refractivity contribution in [2.45, 2.75) is 6.92 Å². The highest BCUT2D eigenvalue weighted by molar-refractivity contribution is 5.76. The van der Waals surface area contributed by atoms with E-state index in [0.29, 0.717) is 6.54 Å². The maximum atomic E-state index is 10.4. The maximum absolute atomic E-state index is 10.4. The molecule has 0 radical (unpaired) electrons. The molecule has 0 fully saturated rings. The Labute approximate surface area is 57.3 Å². The highest BCUT2D eigenvalue weighted by Gasteiger charge is 2.01. The Morgan fingerprint density at radius 1 is 1.80 bits per heavy atom. The Balaban J connectivity index is 3.30. The van der Waals surface area contributed by atoms with Gasteiger partial charge in [-0.05, 0) is 6.92 Å². The maximum Gasteiger partial charge on any atom is 0.295 e. The molecule has 0 saturated carbocycles. The Bertz CT molecular complexity index is 135. The Hall–Kier alpha value is -1.33. The fourth-order valence-corrected chi connectivity index (χ4v) is 0.360. The predicted octanol–water partition coefficient (Wildman–Crippen LogP) is -0.669. The van der Waals surface area contributed by atoms with Crippen molar-refractivity contribution < 1.29 is 14.7 Å². The molecule has 0 unspecified atom stereocenters. The highest BCUT2D eigenvalue weighted by atomic mass is 16.9. The third-order valence-electron chi connectivity index (χ3n) is 0.675. The summed E-state index contributed by atoms with van der Waals surface area (Å²) in [6.07, 6.45) is 0. The largest absolute Gasteiger partial charge is 0.355 e. The molecule has 0 rings (SSSR count). The van der Waals surface area contributed by atoms with Crippen molar-refractivity contribution in [3.63, 3.8) is 0 Å². The minimum Gasteiger partial charge on any atom is -0.355 e. The monoisotopic (exact) mass is 148 g/mol. The number of nitrogens with one attached hydrogen (secondary N) is 1. The minimum atomic E-state index is -1.00. The summed E-state index contributed by atoms with van der Waals surface area (Å²) in [4.78, 5) is 23.7. The molecular weight excluding hydrogens is 140 g/mol. The summed E-state index contributed by atoms with van der Waals surface area (Å²) < 4.78 is 0. The molecule has 58 valence electrons. The van der Waals surface area contributed by atoms with Gasteiger partial charge >= 0.3 is 0 Å². The highest BCUT2D eigenvalue weighted by Crippen LogP contribution is 1.73. The number of rotatable bonds is 4. The third-order valence-corrected chi connectivity index (χ3v) is 0.675. The Morgan fingerprint density at radius 2 is 2.40 bits per heavy atom. The normalized spacial score (nSPS) is 8.50. The zero-order chi connectivity index (χ0) is 7.98. The number of amides is 1. The van der Waals surface area contributed by atoms with Gasteiger partial charge in [-0.25, -0.2) is 0 Å². The molecule has 0 spiro atoms. The smallest absolute Gasteiger partial charge is 0.295 e. The van der Waals surface area contributed by atoms with Crippen LogP contribution in [0.4, 0.5) is 0 Å². The van der Waals surface area contributed by atoms with Gasteiger partial charge in [0.15, 0.2) is 6.61 Å². The van der Waals surface area contributed by atoms with Gasteiger partial charge in [0.2, 0.25) is 5.91 Å². The molecular formula is C4H8N2O4. The first kappa shape index (κ1) is 8.67. The van der Waals surface area contributed by atoms with Crippen LogP contribution in [0.5, 0.6) is 0 Å². The average Bonchev–Trinajstić information content (AvgIpc) is 1.85. The van der Waals surface area contributed by atoms with E-state index >= 15 is 0 Å². The fraction of sp³-hybridized carbons (Fsp3) is 0.750. The molecule has 0 aromatic carbocycles. The molecule has 10 heavy (non-hydrogen) atoms. The summed E-state index contributed by atoms with van der Waals surface area (Å²) >= 11 is 0. The van der Waals surface area contributed by atoms with Crippen molar-refractivity contribution >= 4 is 5.91 Å². The summed E-state index contributed by atoms with van der Waals surface area (Å²) in [7, 11) is 0. The van der Waals surface area contributed by atoms with Gasteiger partial charge in [-0.2, -0.15) is 0 Å². The second-order valence-electron chi connectivity index (χ2n) is 1.45. The molecule has 0 aliphatic rings. The lowest BCUT2D eigenvalue weighted by molar-refractivity contribution is -0.754. The molecule has 0 bridgehead atoms. The predicted molar refractivity (Wildman–Crippen MR) is 31.6 cm³/mol. The summed E-state index contributed by atoms with van der Waals surface area (Å²) in [5.41, 5.74) is 0. The Kier molecular flexibility index (Phi) is 3.94. The van der Waals surface area contributed by atoms with Gasteiger partial charge in [0.25, 0.3) is 5.09 Å². The quantitative estimate of drug-likeness (QED) is 0.423. The zero-order valence-electron chi connectivity index (χ0n) is 5.49. The van der Waals surface area contributed by atoms with E-state index < -0.39 is 17.6 Å². The molecule has 0 atom stereocenters. The van der Waals surface area contributed by atoms with Crippen LogP contribution in [0.25, 0.3) is 0 Å². The van der Waals surface area contributed by atoms with E-state index in [-0.39, 0.29) is 0 Å². The van der Waals surface area contributed by atoms with Gasteiger partial charge in [0, 0.05) is 6.54 Å². The summed E-state index contributed by atoms with van der Waals surface area (Å²) in [6, 6.07) is 0. The van der Waals surface area contributed by atoms with Gasteiger partial charge < -0.3 is 10.2 Å². The van der Waals surface area contributed by atoms with Crippen LogP contribution in [0, 0.1) is 10.1 Å². The first-order valence-corrected chi connectivity index (χ1v) is 2.70. The number of likely N-dealkylation sites (N-methyl/N-ethyl adjacent to an activating group) is 1. The molecule has 1 amide bonds. The number of hydrogen-bond donors (Lipinski definition) is 1. The molecule has 0 saturated heterocycles. The summed E-state index contributed by atoms with van der Waals surface area (Å²) in [6.45, 7) is 1.63. The van der Waals surface area contributed by atoms with Gasteiger partial charge in [-0.15, -0.1) is 10.1 Å². The number of carbonyl (C=O) groups is 1. The van der Waals surface area contributed by atoms with Crippen LogP contribution in [0.3, 0.4) is 0 Å². The second kappa shape index (κ2) is 4.54. The van der Waals surface area contributed by atoms with Crippen molar-refractivity contribution in [1.29, 1.82) is 0 Å². The van der Waals surface area contributed by atoms with Crippen molar-refractivity contribution in [3.8, 4) is 0 Å². The van der Waals surface area contributed by atoms with Gasteiger partial charge in [-0.1, -0.05) is 0 Å². The molecule has 6 heteroatoms. The van der Waals surface area contributed by atoms with Crippen molar-refractivity contribution in [1.82, 2.24) is 5.32 Å². The van der Waals surface area contributed by atoms with Crippen LogP contribution < -0.4 is 5.32 Å². The van der Waals surface area contributed by atoms with E-state index in [9.17, 15) is 14.9 Å². The van der Waals surface area contributed by atoms with E-state index in [0.717, 1.165) is 0 Å². The molecule has 0 heterocycles. The topological polar surface area (TPSA) is 81.5 Å². The summed E-state index contributed by atoms with van der Waals surface area (Å²) in [5, 5.41) is 10.8. The van der Waals surface area contributed by atoms with E-state index in [1.165, 1.54) is 0 Å². The van der Waals surface area contributed by atoms with Gasteiger partial charge in [-0.3, -0.25) is 4.79 Å². The van der Waals surface area contributed by atoms with Crippen LogP contribution in [-0.4, -0.2) is 24.1 Å². The molecule has 6 nitrogen and oxygen atoms in total. The lowest BCUT2D eigenvalue weighted by Crippen LogP contribution is -2.28. The lowest BCUT2D eigenvalue weighted by atomic mass is 10.6. The van der Waals surface area contributed by atoms with Gasteiger partial charge in [0.1, 0.15) is 0 Å². The second-order valence-corrected chi connectivity index (χ2v) is 1.45. The first-order chi connectivity index (χ1) is 4.66. The first-order valence-electron chi connectivity index (χ1n) is 2.70. The number of carbonyl (C=O) groups excluding carboxylic acids is 1. The van der Waals surface area contributed by atoms with Crippen molar-refractivity contribution in [2.24, 2.45) is 0 Å². The lowest BCUT2D eigenvalue weighted by Gasteiger charge is -1.98. The van der Waals surface area contributed by atoms with E-state index in [2.05, 4.69) is 10.2 Å². The minimum absolute atomic E-state index is 0.444. The van der Waals surface area contributed by atoms with Crippen molar-refractivity contribution in [3.05, 3.63) is 10.1 Å². The van der Waals surface area contributed by atoms with Crippen molar-refractivity contribution in [2.75, 3.05) is 13.2 Å². The SMILES string of the molecule is CCNC(=O)CO[N+](=O)[O-]. The van der Waals surface area contributed by atoms with Crippen LogP contribution in [0.2, 0.25) is 0 Å². The fourth-order valence-electron chi connectivity index (χ4n) is 0.360. The Morgan fingerprint density at radius 3 is 2.80 bits per heavy atom. The van der Waals surface area contributed by atoms with Crippen LogP contribution in [-0.2, 0) is 9.63 Å². The molecule has 0 aromatic rings. The van der Waals surface area contributed by atoms with E-state index in [4.69, 9.17) is 0 Å². The molecule has 0 aliphatic carbocycles. The third kappa shape index (κ3) is 4.82. The zero-order valence-corrected chi connectivity index (χ0v) is 5.49. The number of hydrogen-bond acceptors (Lipinski definition) is 4. The molecule has 0 aromatic heterocycles. The summed E-state index contributed by atoms with van der Waals surface area (Å²) in [5.74, 6) is -0.487. The standard InChI is InChI=1S/C4H8N2O4/c1-2-5-4(7)3-10-6(8)9/h2-3H2,1H3,(H,5,7). The molecule has 0 aliphatic heterocycles. The van der Waals surface area contributed by atoms with Crippen LogP contribution in [0.15, 0.2) is 0 Å². The van der Waals surface area contributed by atoms with Crippen LogP contribution >= 0.6 is 0 Å². The number of nitrogens with zero attached hydrogens (tertiary/aromatic N) is 1. The van der Waals surface area contributed by atoms with E-state index in [1.807, 2.05) is 0 Å². The molecule has 1 N–H and O–H groups in total. The van der Waals surface area contributed by atoms with Gasteiger partial charge in [0.05, 0.1) is 0 Å². The van der Waals surface area contributed by atoms with E-state index in [1.54, 1.807) is 6.92 Å². The van der Waals surface area contributed by atoms with Crippen LogP contribution in [0.1, 0.15) is 6.92 Å². The average molecular weight is 148 g/mol.